The summed E-state index contributed by atoms with van der Waals surface area (Å²) in [5, 5.41) is 18.7. The molecule has 0 amide bonds. The van der Waals surface area contributed by atoms with Gasteiger partial charge in [0.25, 0.3) is 0 Å². The molecule has 0 fully saturated rings. The van der Waals surface area contributed by atoms with Crippen molar-refractivity contribution in [3.63, 3.8) is 0 Å². The van der Waals surface area contributed by atoms with Crippen LogP contribution < -0.4 is 0 Å². The molecular formula is C14H14Cl2O4. The van der Waals surface area contributed by atoms with E-state index in [9.17, 15) is 19.8 Å². The SMILES string of the molecule is Cl.Cl.O=C(O)C1C=CC=CC1(C(=O)O)c1ccccc1. The van der Waals surface area contributed by atoms with E-state index in [4.69, 9.17) is 0 Å². The third-order valence-corrected chi connectivity index (χ3v) is 3.14. The van der Waals surface area contributed by atoms with E-state index in [1.165, 1.54) is 12.2 Å². The summed E-state index contributed by atoms with van der Waals surface area (Å²) in [5.41, 5.74) is -1.08. The average Bonchev–Trinajstić information content (AvgIpc) is 2.39. The molecule has 0 saturated heterocycles. The molecule has 0 bridgehead atoms. The Morgan fingerprint density at radius 1 is 1.00 bits per heavy atom. The lowest BCUT2D eigenvalue weighted by atomic mass is 9.68. The average molecular weight is 317 g/mol. The van der Waals surface area contributed by atoms with Crippen molar-refractivity contribution in [1.29, 1.82) is 0 Å². The standard InChI is InChI=1S/C14H12O4.2ClH/c15-12(16)11-8-4-5-9-14(11,13(17)18)10-6-2-1-3-7-10;;/h1-9,11H,(H,15,16)(H,17,18);2*1H. The maximum atomic E-state index is 11.6. The number of carbonyl (C=O) groups is 2. The first-order valence-electron chi connectivity index (χ1n) is 5.47. The van der Waals surface area contributed by atoms with Crippen LogP contribution in [-0.4, -0.2) is 22.2 Å². The van der Waals surface area contributed by atoms with Crippen LogP contribution in [0.2, 0.25) is 0 Å². The van der Waals surface area contributed by atoms with Crippen LogP contribution in [0.1, 0.15) is 5.56 Å². The first kappa shape index (κ1) is 18.2. The van der Waals surface area contributed by atoms with Crippen molar-refractivity contribution >= 4 is 36.8 Å². The molecule has 1 aliphatic rings. The van der Waals surface area contributed by atoms with E-state index in [2.05, 4.69) is 0 Å². The van der Waals surface area contributed by atoms with Gasteiger partial charge in [0.1, 0.15) is 5.41 Å². The summed E-state index contributed by atoms with van der Waals surface area (Å²) in [6, 6.07) is 8.43. The second-order valence-electron chi connectivity index (χ2n) is 4.10. The van der Waals surface area contributed by atoms with E-state index in [0.29, 0.717) is 5.56 Å². The maximum Gasteiger partial charge on any atom is 0.319 e. The molecule has 2 rings (SSSR count). The Morgan fingerprint density at radius 3 is 2.10 bits per heavy atom. The minimum absolute atomic E-state index is 0. The summed E-state index contributed by atoms with van der Waals surface area (Å²) in [6.45, 7) is 0. The number of benzene rings is 1. The number of aliphatic carboxylic acids is 2. The zero-order valence-corrected chi connectivity index (χ0v) is 11.9. The molecular weight excluding hydrogens is 303 g/mol. The quantitative estimate of drug-likeness (QED) is 0.899. The van der Waals surface area contributed by atoms with Crippen molar-refractivity contribution in [1.82, 2.24) is 0 Å². The molecule has 0 aromatic heterocycles. The molecule has 0 radical (unpaired) electrons. The molecule has 1 aliphatic carbocycles. The first-order chi connectivity index (χ1) is 8.59. The Morgan fingerprint density at radius 2 is 1.60 bits per heavy atom. The monoisotopic (exact) mass is 316 g/mol. The molecule has 0 heterocycles. The van der Waals surface area contributed by atoms with Crippen molar-refractivity contribution in [3.05, 3.63) is 60.2 Å². The van der Waals surface area contributed by atoms with Crippen LogP contribution >= 0.6 is 24.8 Å². The summed E-state index contributed by atoms with van der Waals surface area (Å²) in [4.78, 5) is 22.9. The highest BCUT2D eigenvalue weighted by Gasteiger charge is 2.48. The third-order valence-electron chi connectivity index (χ3n) is 3.14. The molecule has 0 saturated carbocycles. The third kappa shape index (κ3) is 2.86. The van der Waals surface area contributed by atoms with Crippen LogP contribution in [0, 0.1) is 5.92 Å². The zero-order chi connectivity index (χ0) is 13.2. The Kier molecular flexibility index (Phi) is 6.49. The zero-order valence-electron chi connectivity index (χ0n) is 10.3. The van der Waals surface area contributed by atoms with Crippen molar-refractivity contribution in [2.75, 3.05) is 0 Å². The van der Waals surface area contributed by atoms with Crippen LogP contribution in [0.25, 0.3) is 0 Å². The number of hydrogen-bond acceptors (Lipinski definition) is 2. The van der Waals surface area contributed by atoms with Crippen molar-refractivity contribution < 1.29 is 19.8 Å². The van der Waals surface area contributed by atoms with Crippen molar-refractivity contribution in [2.45, 2.75) is 5.41 Å². The predicted molar refractivity (Wildman–Crippen MR) is 79.7 cm³/mol. The molecule has 6 heteroatoms. The topological polar surface area (TPSA) is 74.6 Å². The minimum Gasteiger partial charge on any atom is -0.481 e. The van der Waals surface area contributed by atoms with Gasteiger partial charge in [-0.05, 0) is 5.56 Å². The molecule has 108 valence electrons. The normalized spacial score (nSPS) is 23.3. The van der Waals surface area contributed by atoms with Crippen LogP contribution in [0.4, 0.5) is 0 Å². The predicted octanol–water partition coefficient (Wildman–Crippen LogP) is 2.68. The van der Waals surface area contributed by atoms with E-state index in [1.54, 1.807) is 42.5 Å². The summed E-state index contributed by atoms with van der Waals surface area (Å²) in [5.74, 6) is -3.43. The van der Waals surface area contributed by atoms with Gasteiger partial charge in [0, 0.05) is 0 Å². The fourth-order valence-electron chi connectivity index (χ4n) is 2.23. The molecule has 2 atom stereocenters. The number of hydrogen-bond donors (Lipinski definition) is 2. The number of carboxylic acid groups (broad SMARTS) is 2. The summed E-state index contributed by atoms with van der Waals surface area (Å²) in [6.07, 6.45) is 5.97. The van der Waals surface area contributed by atoms with Gasteiger partial charge >= 0.3 is 11.9 Å². The number of allylic oxidation sites excluding steroid dienone is 2. The number of rotatable bonds is 3. The molecule has 0 spiro atoms. The van der Waals surface area contributed by atoms with Gasteiger partial charge in [-0.15, -0.1) is 24.8 Å². The van der Waals surface area contributed by atoms with Crippen LogP contribution in [0.3, 0.4) is 0 Å². The van der Waals surface area contributed by atoms with Gasteiger partial charge in [-0.3, -0.25) is 9.59 Å². The van der Waals surface area contributed by atoms with Gasteiger partial charge in [0.2, 0.25) is 0 Å². The minimum atomic E-state index is -1.54. The molecule has 1 aromatic carbocycles. The molecule has 4 nitrogen and oxygen atoms in total. The van der Waals surface area contributed by atoms with Crippen molar-refractivity contribution in [3.8, 4) is 0 Å². The maximum absolute atomic E-state index is 11.6. The van der Waals surface area contributed by atoms with Crippen molar-refractivity contribution in [2.24, 2.45) is 5.92 Å². The smallest absolute Gasteiger partial charge is 0.319 e. The fourth-order valence-corrected chi connectivity index (χ4v) is 2.23. The van der Waals surface area contributed by atoms with Gasteiger partial charge in [0.05, 0.1) is 5.92 Å². The van der Waals surface area contributed by atoms with Gasteiger partial charge in [-0.1, -0.05) is 54.6 Å². The van der Waals surface area contributed by atoms with E-state index in [0.717, 1.165) is 0 Å². The van der Waals surface area contributed by atoms with E-state index in [1.807, 2.05) is 0 Å². The highest BCUT2D eigenvalue weighted by atomic mass is 35.5. The Balaban J connectivity index is 0.00000180. The van der Waals surface area contributed by atoms with Gasteiger partial charge in [0.15, 0.2) is 0 Å². The highest BCUT2D eigenvalue weighted by molar-refractivity contribution is 5.92. The Hall–Kier alpha value is -1.78. The van der Waals surface area contributed by atoms with E-state index >= 15 is 0 Å². The molecule has 2 N–H and O–H groups in total. The molecule has 2 unspecified atom stereocenters. The Labute approximate surface area is 128 Å². The second kappa shape index (κ2) is 7.12. The highest BCUT2D eigenvalue weighted by Crippen LogP contribution is 2.38. The van der Waals surface area contributed by atoms with E-state index < -0.39 is 23.3 Å². The lowest BCUT2D eigenvalue weighted by molar-refractivity contribution is -0.152. The first-order valence-corrected chi connectivity index (χ1v) is 5.47. The van der Waals surface area contributed by atoms with Gasteiger partial charge in [-0.2, -0.15) is 0 Å². The summed E-state index contributed by atoms with van der Waals surface area (Å²) < 4.78 is 0. The van der Waals surface area contributed by atoms with Crippen LogP contribution in [0.15, 0.2) is 54.6 Å². The lowest BCUT2D eigenvalue weighted by Gasteiger charge is -2.32. The number of carboxylic acids is 2. The molecule has 1 aromatic rings. The largest absolute Gasteiger partial charge is 0.481 e. The molecule has 20 heavy (non-hydrogen) atoms. The fraction of sp³-hybridized carbons (Fsp3) is 0.143. The van der Waals surface area contributed by atoms with Gasteiger partial charge < -0.3 is 10.2 Å². The molecule has 0 aliphatic heterocycles. The Bertz CT molecular complexity index is 539. The summed E-state index contributed by atoms with van der Waals surface area (Å²) in [7, 11) is 0. The summed E-state index contributed by atoms with van der Waals surface area (Å²) >= 11 is 0. The van der Waals surface area contributed by atoms with Crippen LogP contribution in [0.5, 0.6) is 0 Å². The van der Waals surface area contributed by atoms with E-state index in [-0.39, 0.29) is 24.8 Å². The van der Waals surface area contributed by atoms with Crippen LogP contribution in [-0.2, 0) is 15.0 Å². The lowest BCUT2D eigenvalue weighted by Crippen LogP contribution is -2.45. The second-order valence-corrected chi connectivity index (χ2v) is 4.10. The number of halogens is 2. The van der Waals surface area contributed by atoms with Gasteiger partial charge in [-0.25, -0.2) is 0 Å².